The minimum absolute atomic E-state index is 0.195. The van der Waals surface area contributed by atoms with E-state index in [2.05, 4.69) is 15.2 Å². The summed E-state index contributed by atoms with van der Waals surface area (Å²) in [5.41, 5.74) is 0.877. The van der Waals surface area contributed by atoms with Crippen LogP contribution in [0.1, 0.15) is 5.89 Å². The summed E-state index contributed by atoms with van der Waals surface area (Å²) in [5.74, 6) is 2.79. The van der Waals surface area contributed by atoms with E-state index in [0.717, 1.165) is 5.56 Å². The maximum Gasteiger partial charge on any atom is 0.254 e. The van der Waals surface area contributed by atoms with E-state index in [1.54, 1.807) is 12.3 Å². The maximum atomic E-state index is 5.68. The summed E-state index contributed by atoms with van der Waals surface area (Å²) in [4.78, 5) is 4.12. The van der Waals surface area contributed by atoms with Gasteiger partial charge in [0.2, 0.25) is 11.8 Å². The molecular formula is C20H15N3O3. The molecule has 0 aliphatic heterocycles. The van der Waals surface area contributed by atoms with Crippen molar-refractivity contribution in [2.75, 3.05) is 0 Å². The highest BCUT2D eigenvalue weighted by molar-refractivity contribution is 5.51. The van der Waals surface area contributed by atoms with Crippen LogP contribution in [0, 0.1) is 0 Å². The summed E-state index contributed by atoms with van der Waals surface area (Å²) < 4.78 is 16.9. The molecule has 0 bridgehead atoms. The number of hydrogen-bond acceptors (Lipinski definition) is 6. The first kappa shape index (κ1) is 15.8. The Labute approximate surface area is 150 Å². The smallest absolute Gasteiger partial charge is 0.254 e. The van der Waals surface area contributed by atoms with Gasteiger partial charge in [-0.2, -0.15) is 0 Å². The Bertz CT molecular complexity index is 955. The third kappa shape index (κ3) is 3.87. The van der Waals surface area contributed by atoms with Gasteiger partial charge < -0.3 is 13.9 Å². The number of pyridine rings is 1. The summed E-state index contributed by atoms with van der Waals surface area (Å²) >= 11 is 0. The van der Waals surface area contributed by atoms with E-state index >= 15 is 0 Å². The average molecular weight is 345 g/mol. The fourth-order valence-corrected chi connectivity index (χ4v) is 2.29. The van der Waals surface area contributed by atoms with E-state index < -0.39 is 0 Å². The van der Waals surface area contributed by atoms with Crippen LogP contribution < -0.4 is 9.47 Å². The van der Waals surface area contributed by atoms with Gasteiger partial charge >= 0.3 is 0 Å². The second kappa shape index (κ2) is 7.48. The lowest BCUT2D eigenvalue weighted by molar-refractivity contribution is 0.264. The van der Waals surface area contributed by atoms with E-state index in [1.807, 2.05) is 66.7 Å². The summed E-state index contributed by atoms with van der Waals surface area (Å²) in [5, 5.41) is 8.04. The summed E-state index contributed by atoms with van der Waals surface area (Å²) in [7, 11) is 0. The highest BCUT2D eigenvalue weighted by atomic mass is 16.5. The van der Waals surface area contributed by atoms with Crippen LogP contribution in [0.15, 0.2) is 83.4 Å². The first-order valence-corrected chi connectivity index (χ1v) is 8.06. The molecule has 0 saturated heterocycles. The summed E-state index contributed by atoms with van der Waals surface area (Å²) in [6, 6.07) is 22.4. The maximum absolute atomic E-state index is 5.68. The van der Waals surface area contributed by atoms with Crippen molar-refractivity contribution >= 4 is 0 Å². The number of benzene rings is 2. The van der Waals surface area contributed by atoms with Crippen LogP contribution in [0.3, 0.4) is 0 Å². The zero-order valence-corrected chi connectivity index (χ0v) is 13.8. The number of ether oxygens (including phenoxy) is 2. The number of rotatable bonds is 6. The average Bonchev–Trinajstić information content (AvgIpc) is 3.18. The second-order valence-corrected chi connectivity index (χ2v) is 5.40. The molecule has 6 nitrogen and oxygen atoms in total. The molecule has 0 aliphatic carbocycles. The second-order valence-electron chi connectivity index (χ2n) is 5.40. The molecular weight excluding hydrogens is 330 g/mol. The van der Waals surface area contributed by atoms with Gasteiger partial charge in [0.15, 0.2) is 6.61 Å². The van der Waals surface area contributed by atoms with Crippen LogP contribution in [0.4, 0.5) is 0 Å². The summed E-state index contributed by atoms with van der Waals surface area (Å²) in [6.45, 7) is 0.195. The monoisotopic (exact) mass is 345 g/mol. The number of nitrogens with zero attached hydrogens (tertiary/aromatic N) is 3. The van der Waals surface area contributed by atoms with Crippen molar-refractivity contribution in [3.63, 3.8) is 0 Å². The minimum Gasteiger partial charge on any atom is -0.484 e. The molecule has 0 unspecified atom stereocenters. The van der Waals surface area contributed by atoms with Crippen molar-refractivity contribution in [2.24, 2.45) is 0 Å². The van der Waals surface area contributed by atoms with Gasteiger partial charge in [-0.15, -0.1) is 10.2 Å². The molecule has 0 N–H and O–H groups in total. The Kier molecular flexibility index (Phi) is 4.56. The van der Waals surface area contributed by atoms with Crippen molar-refractivity contribution in [2.45, 2.75) is 6.61 Å². The van der Waals surface area contributed by atoms with Crippen molar-refractivity contribution in [3.05, 3.63) is 84.9 Å². The van der Waals surface area contributed by atoms with Crippen LogP contribution in [0.25, 0.3) is 11.5 Å². The largest absolute Gasteiger partial charge is 0.484 e. The molecule has 2 aromatic heterocycles. The molecule has 0 saturated carbocycles. The molecule has 0 fully saturated rings. The van der Waals surface area contributed by atoms with Crippen molar-refractivity contribution in [1.29, 1.82) is 0 Å². The van der Waals surface area contributed by atoms with Crippen LogP contribution >= 0.6 is 0 Å². The molecule has 0 aliphatic rings. The van der Waals surface area contributed by atoms with Crippen LogP contribution in [0.5, 0.6) is 17.4 Å². The van der Waals surface area contributed by atoms with Crippen molar-refractivity contribution in [1.82, 2.24) is 15.2 Å². The minimum atomic E-state index is 0.195. The van der Waals surface area contributed by atoms with E-state index in [-0.39, 0.29) is 6.61 Å². The van der Waals surface area contributed by atoms with E-state index in [1.165, 1.54) is 0 Å². The quantitative estimate of drug-likeness (QED) is 0.512. The fraction of sp³-hybridized carbons (Fsp3) is 0.0500. The van der Waals surface area contributed by atoms with Gasteiger partial charge in [0, 0.05) is 17.8 Å². The van der Waals surface area contributed by atoms with Gasteiger partial charge in [-0.25, -0.2) is 4.98 Å². The third-order valence-electron chi connectivity index (χ3n) is 3.53. The van der Waals surface area contributed by atoms with Gasteiger partial charge in [-0.3, -0.25) is 0 Å². The Hall–Kier alpha value is -3.67. The Morgan fingerprint density at radius 3 is 2.31 bits per heavy atom. The van der Waals surface area contributed by atoms with Gasteiger partial charge in [-0.05, 0) is 42.5 Å². The van der Waals surface area contributed by atoms with Gasteiger partial charge in [-0.1, -0.05) is 24.3 Å². The number of aromatic nitrogens is 3. The standard InChI is InChI=1S/C20H15N3O3/c1-2-6-15(7-3-1)20-23-22-19(26-20)14-24-16-9-11-17(12-10-16)25-18-8-4-5-13-21-18/h1-13H,14H2. The Morgan fingerprint density at radius 1 is 0.769 bits per heavy atom. The van der Waals surface area contributed by atoms with Gasteiger partial charge in [0.25, 0.3) is 5.89 Å². The predicted molar refractivity (Wildman–Crippen MR) is 94.8 cm³/mol. The molecule has 4 aromatic rings. The van der Waals surface area contributed by atoms with Gasteiger partial charge in [0.05, 0.1) is 0 Å². The zero-order valence-electron chi connectivity index (χ0n) is 13.8. The molecule has 2 aromatic carbocycles. The first-order valence-electron chi connectivity index (χ1n) is 8.06. The van der Waals surface area contributed by atoms with Crippen LogP contribution in [-0.2, 0) is 6.61 Å². The van der Waals surface area contributed by atoms with E-state index in [9.17, 15) is 0 Å². The molecule has 128 valence electrons. The fourth-order valence-electron chi connectivity index (χ4n) is 2.29. The van der Waals surface area contributed by atoms with Crippen molar-refractivity contribution in [3.8, 4) is 28.8 Å². The van der Waals surface area contributed by atoms with Gasteiger partial charge in [0.1, 0.15) is 11.5 Å². The topological polar surface area (TPSA) is 70.3 Å². The van der Waals surface area contributed by atoms with E-state index in [0.29, 0.717) is 29.2 Å². The molecule has 6 heteroatoms. The van der Waals surface area contributed by atoms with Crippen LogP contribution in [-0.4, -0.2) is 15.2 Å². The molecule has 0 radical (unpaired) electrons. The highest BCUT2D eigenvalue weighted by Crippen LogP contribution is 2.23. The molecule has 4 rings (SSSR count). The normalized spacial score (nSPS) is 10.5. The summed E-state index contributed by atoms with van der Waals surface area (Å²) in [6.07, 6.45) is 1.68. The van der Waals surface area contributed by atoms with Crippen molar-refractivity contribution < 1.29 is 13.9 Å². The molecule has 26 heavy (non-hydrogen) atoms. The lowest BCUT2D eigenvalue weighted by Gasteiger charge is -2.06. The molecule has 2 heterocycles. The predicted octanol–water partition coefficient (Wildman–Crippen LogP) is 4.50. The van der Waals surface area contributed by atoms with E-state index in [4.69, 9.17) is 13.9 Å². The Balaban J connectivity index is 1.36. The highest BCUT2D eigenvalue weighted by Gasteiger charge is 2.08. The lowest BCUT2D eigenvalue weighted by Crippen LogP contribution is -1.95. The Morgan fingerprint density at radius 2 is 1.54 bits per heavy atom. The zero-order chi connectivity index (χ0) is 17.6. The lowest BCUT2D eigenvalue weighted by atomic mass is 10.2. The van der Waals surface area contributed by atoms with Crippen LogP contribution in [0.2, 0.25) is 0 Å². The molecule has 0 amide bonds. The third-order valence-corrected chi connectivity index (χ3v) is 3.53. The first-order chi connectivity index (χ1) is 12.9. The SMILES string of the molecule is c1ccc(-c2nnc(COc3ccc(Oc4ccccn4)cc3)o2)cc1. The molecule has 0 atom stereocenters. The molecule has 0 spiro atoms. The number of hydrogen-bond donors (Lipinski definition) is 0.